The molecule has 0 saturated heterocycles. The number of aromatic nitrogens is 1. The van der Waals surface area contributed by atoms with E-state index in [9.17, 15) is 10.1 Å². The largest absolute Gasteiger partial charge is 0.298 e. The average Bonchev–Trinajstić information content (AvgIpc) is 2.46. The summed E-state index contributed by atoms with van der Waals surface area (Å²) in [5, 5.41) is 12.2. The fourth-order valence-corrected chi connectivity index (χ4v) is 2.45. The first-order chi connectivity index (χ1) is 9.68. The van der Waals surface area contributed by atoms with Gasteiger partial charge in [0.1, 0.15) is 5.69 Å². The molecule has 4 nitrogen and oxygen atoms in total. The maximum absolute atomic E-state index is 11.4. The van der Waals surface area contributed by atoms with Gasteiger partial charge in [-0.25, -0.2) is 4.98 Å². The second kappa shape index (κ2) is 4.74. The van der Waals surface area contributed by atoms with Crippen LogP contribution in [-0.2, 0) is 0 Å². The molecule has 0 bridgehead atoms. The lowest BCUT2D eigenvalue weighted by Crippen LogP contribution is -1.99. The molecule has 1 heterocycles. The summed E-state index contributed by atoms with van der Waals surface area (Å²) >= 11 is 0. The lowest BCUT2D eigenvalue weighted by atomic mass is 9.98. The molecule has 0 aliphatic heterocycles. The molecule has 0 radical (unpaired) electrons. The van der Waals surface area contributed by atoms with Gasteiger partial charge in [-0.05, 0) is 18.6 Å². The van der Waals surface area contributed by atoms with Crippen LogP contribution in [0, 0.1) is 17.0 Å². The SMILES string of the molecule is Cc1nc2ccccc2c(-c2ccccc2)c1[N+](=O)[O-]. The van der Waals surface area contributed by atoms with Crippen LogP contribution in [-0.4, -0.2) is 9.91 Å². The van der Waals surface area contributed by atoms with E-state index in [4.69, 9.17) is 0 Å². The van der Waals surface area contributed by atoms with E-state index in [2.05, 4.69) is 4.98 Å². The Balaban J connectivity index is 2.48. The van der Waals surface area contributed by atoms with Crippen LogP contribution in [0.5, 0.6) is 0 Å². The number of pyridine rings is 1. The number of benzene rings is 2. The van der Waals surface area contributed by atoms with Gasteiger partial charge >= 0.3 is 0 Å². The van der Waals surface area contributed by atoms with Crippen molar-refractivity contribution < 1.29 is 4.92 Å². The van der Waals surface area contributed by atoms with Gasteiger partial charge in [0.15, 0.2) is 0 Å². The van der Waals surface area contributed by atoms with Gasteiger partial charge < -0.3 is 0 Å². The minimum Gasteiger partial charge on any atom is -0.258 e. The zero-order chi connectivity index (χ0) is 14.1. The van der Waals surface area contributed by atoms with Crippen LogP contribution in [0.3, 0.4) is 0 Å². The van der Waals surface area contributed by atoms with E-state index in [1.165, 1.54) is 0 Å². The van der Waals surface area contributed by atoms with Crippen molar-refractivity contribution in [3.8, 4) is 11.1 Å². The maximum Gasteiger partial charge on any atom is 0.298 e. The third kappa shape index (κ3) is 1.91. The summed E-state index contributed by atoms with van der Waals surface area (Å²) in [6.45, 7) is 1.68. The quantitative estimate of drug-likeness (QED) is 0.516. The average molecular weight is 264 g/mol. The number of hydrogen-bond acceptors (Lipinski definition) is 3. The van der Waals surface area contributed by atoms with Gasteiger partial charge in [0.25, 0.3) is 5.69 Å². The second-order valence-corrected chi connectivity index (χ2v) is 4.56. The first-order valence-corrected chi connectivity index (χ1v) is 6.27. The van der Waals surface area contributed by atoms with Gasteiger partial charge in [-0.3, -0.25) is 10.1 Å². The third-order valence-corrected chi connectivity index (χ3v) is 3.29. The van der Waals surface area contributed by atoms with E-state index >= 15 is 0 Å². The Labute approximate surface area is 115 Å². The number of para-hydroxylation sites is 1. The monoisotopic (exact) mass is 264 g/mol. The van der Waals surface area contributed by atoms with Crippen LogP contribution >= 0.6 is 0 Å². The summed E-state index contributed by atoms with van der Waals surface area (Å²) in [6.07, 6.45) is 0. The van der Waals surface area contributed by atoms with Crippen molar-refractivity contribution in [1.82, 2.24) is 4.98 Å². The number of fused-ring (bicyclic) bond motifs is 1. The molecule has 98 valence electrons. The molecular formula is C16H12N2O2. The molecule has 3 aromatic rings. The Hall–Kier alpha value is -2.75. The zero-order valence-corrected chi connectivity index (χ0v) is 10.9. The minimum atomic E-state index is -0.350. The third-order valence-electron chi connectivity index (χ3n) is 3.29. The van der Waals surface area contributed by atoms with Crippen molar-refractivity contribution in [2.45, 2.75) is 6.92 Å². The lowest BCUT2D eigenvalue weighted by Gasteiger charge is -2.09. The Morgan fingerprint density at radius 2 is 1.65 bits per heavy atom. The molecule has 0 amide bonds. The minimum absolute atomic E-state index is 0.0786. The van der Waals surface area contributed by atoms with Crippen LogP contribution in [0.4, 0.5) is 5.69 Å². The molecule has 0 saturated carbocycles. The highest BCUT2D eigenvalue weighted by Crippen LogP contribution is 2.37. The van der Waals surface area contributed by atoms with E-state index in [0.717, 1.165) is 16.5 Å². The van der Waals surface area contributed by atoms with Crippen molar-refractivity contribution in [3.63, 3.8) is 0 Å². The molecule has 0 atom stereocenters. The molecular weight excluding hydrogens is 252 g/mol. The van der Waals surface area contributed by atoms with Gasteiger partial charge in [0.05, 0.1) is 16.0 Å². The van der Waals surface area contributed by atoms with Crippen molar-refractivity contribution in [3.05, 3.63) is 70.4 Å². The molecule has 0 spiro atoms. The van der Waals surface area contributed by atoms with Crippen LogP contribution in [0.25, 0.3) is 22.0 Å². The molecule has 0 aliphatic rings. The van der Waals surface area contributed by atoms with Gasteiger partial charge in [0.2, 0.25) is 0 Å². The smallest absolute Gasteiger partial charge is 0.258 e. The highest BCUT2D eigenvalue weighted by molar-refractivity contribution is 5.99. The van der Waals surface area contributed by atoms with Gasteiger partial charge in [0, 0.05) is 5.39 Å². The summed E-state index contributed by atoms with van der Waals surface area (Å²) in [4.78, 5) is 15.4. The van der Waals surface area contributed by atoms with Crippen molar-refractivity contribution >= 4 is 16.6 Å². The maximum atomic E-state index is 11.4. The highest BCUT2D eigenvalue weighted by Gasteiger charge is 2.22. The number of nitro groups is 1. The molecule has 0 unspecified atom stereocenters. The van der Waals surface area contributed by atoms with Gasteiger partial charge in [-0.1, -0.05) is 48.5 Å². The van der Waals surface area contributed by atoms with Gasteiger partial charge in [-0.15, -0.1) is 0 Å². The Morgan fingerprint density at radius 3 is 2.35 bits per heavy atom. The first kappa shape index (κ1) is 12.3. The summed E-state index contributed by atoms with van der Waals surface area (Å²) in [7, 11) is 0. The van der Waals surface area contributed by atoms with Crippen molar-refractivity contribution in [2.24, 2.45) is 0 Å². The first-order valence-electron chi connectivity index (χ1n) is 6.27. The van der Waals surface area contributed by atoms with Gasteiger partial charge in [-0.2, -0.15) is 0 Å². The van der Waals surface area contributed by atoms with E-state index in [0.29, 0.717) is 11.3 Å². The van der Waals surface area contributed by atoms with E-state index in [1.807, 2.05) is 54.6 Å². The van der Waals surface area contributed by atoms with Crippen molar-refractivity contribution in [2.75, 3.05) is 0 Å². The number of aryl methyl sites for hydroxylation is 1. The van der Waals surface area contributed by atoms with Crippen LogP contribution in [0.1, 0.15) is 5.69 Å². The van der Waals surface area contributed by atoms with Crippen LogP contribution < -0.4 is 0 Å². The van der Waals surface area contributed by atoms with E-state index < -0.39 is 0 Å². The van der Waals surface area contributed by atoms with Crippen LogP contribution in [0.2, 0.25) is 0 Å². The van der Waals surface area contributed by atoms with Crippen LogP contribution in [0.15, 0.2) is 54.6 Å². The predicted octanol–water partition coefficient (Wildman–Crippen LogP) is 4.12. The molecule has 1 aromatic heterocycles. The Bertz CT molecular complexity index is 798. The zero-order valence-electron chi connectivity index (χ0n) is 10.9. The highest BCUT2D eigenvalue weighted by atomic mass is 16.6. The molecule has 0 aliphatic carbocycles. The topological polar surface area (TPSA) is 56.0 Å². The number of hydrogen-bond donors (Lipinski definition) is 0. The fourth-order valence-electron chi connectivity index (χ4n) is 2.45. The summed E-state index contributed by atoms with van der Waals surface area (Å²) in [5.41, 5.74) is 2.76. The molecule has 0 fully saturated rings. The Morgan fingerprint density at radius 1 is 1.00 bits per heavy atom. The summed E-state index contributed by atoms with van der Waals surface area (Å²) in [5.74, 6) is 0. The predicted molar refractivity (Wildman–Crippen MR) is 78.6 cm³/mol. The molecule has 0 N–H and O–H groups in total. The number of nitrogens with zero attached hydrogens (tertiary/aromatic N) is 2. The van der Waals surface area contributed by atoms with Crippen molar-refractivity contribution in [1.29, 1.82) is 0 Å². The molecule has 3 rings (SSSR count). The Kier molecular flexibility index (Phi) is 2.91. The summed E-state index contributed by atoms with van der Waals surface area (Å²) < 4.78 is 0. The lowest BCUT2D eigenvalue weighted by molar-refractivity contribution is -0.384. The summed E-state index contributed by atoms with van der Waals surface area (Å²) in [6, 6.07) is 16.9. The normalized spacial score (nSPS) is 10.7. The fraction of sp³-hybridized carbons (Fsp3) is 0.0625. The second-order valence-electron chi connectivity index (χ2n) is 4.56. The number of rotatable bonds is 2. The van der Waals surface area contributed by atoms with E-state index in [1.54, 1.807) is 6.92 Å². The molecule has 4 heteroatoms. The standard InChI is InChI=1S/C16H12N2O2/c1-11-16(18(19)20)15(12-7-3-2-4-8-12)13-9-5-6-10-14(13)17-11/h2-10H,1H3. The molecule has 20 heavy (non-hydrogen) atoms. The molecule has 2 aromatic carbocycles. The van der Waals surface area contributed by atoms with E-state index in [-0.39, 0.29) is 10.6 Å².